The number of unbranched alkanes of at least 4 members (excludes halogenated alkanes) is 1. The van der Waals surface area contributed by atoms with E-state index >= 15 is 0 Å². The van der Waals surface area contributed by atoms with Crippen molar-refractivity contribution in [3.8, 4) is 5.75 Å². The summed E-state index contributed by atoms with van der Waals surface area (Å²) in [4.78, 5) is 11.4. The fourth-order valence-electron chi connectivity index (χ4n) is 1.54. The van der Waals surface area contributed by atoms with Gasteiger partial charge in [0.05, 0.1) is 6.10 Å². The molecule has 1 aromatic rings. The Kier molecular flexibility index (Phi) is 6.29. The fourth-order valence-corrected chi connectivity index (χ4v) is 1.54. The van der Waals surface area contributed by atoms with Crippen LogP contribution in [-0.2, 0) is 4.79 Å². The fraction of sp³-hybridized carbons (Fsp3) is 0.500. The minimum Gasteiger partial charge on any atom is -0.484 e. The van der Waals surface area contributed by atoms with Crippen molar-refractivity contribution in [2.75, 3.05) is 13.2 Å². The highest BCUT2D eigenvalue weighted by molar-refractivity contribution is 5.77. The number of halogens is 1. The summed E-state index contributed by atoms with van der Waals surface area (Å²) < 4.78 is 18.7. The second-order valence-corrected chi connectivity index (χ2v) is 4.35. The van der Waals surface area contributed by atoms with Crippen LogP contribution < -0.4 is 10.1 Å². The van der Waals surface area contributed by atoms with Crippen LogP contribution in [0.3, 0.4) is 0 Å². The number of aliphatic hydroxyl groups is 1. The van der Waals surface area contributed by atoms with Gasteiger partial charge in [-0.25, -0.2) is 4.39 Å². The van der Waals surface area contributed by atoms with Crippen LogP contribution >= 0.6 is 0 Å². The van der Waals surface area contributed by atoms with Crippen LogP contribution in [0.2, 0.25) is 0 Å². The van der Waals surface area contributed by atoms with Crippen LogP contribution in [0, 0.1) is 5.82 Å². The van der Waals surface area contributed by atoms with Gasteiger partial charge in [-0.2, -0.15) is 0 Å². The summed E-state index contributed by atoms with van der Waals surface area (Å²) in [6.07, 6.45) is 1.06. The smallest absolute Gasteiger partial charge is 0.257 e. The van der Waals surface area contributed by atoms with Crippen LogP contribution in [-0.4, -0.2) is 24.2 Å². The highest BCUT2D eigenvalue weighted by Gasteiger charge is 2.09. The largest absolute Gasteiger partial charge is 0.484 e. The Bertz CT molecular complexity index is 421. The third-order valence-electron chi connectivity index (χ3n) is 2.64. The molecule has 0 bridgehead atoms. The summed E-state index contributed by atoms with van der Waals surface area (Å²) in [6.45, 7) is 4.00. The van der Waals surface area contributed by atoms with Gasteiger partial charge in [-0.1, -0.05) is 13.3 Å². The quantitative estimate of drug-likeness (QED) is 0.746. The lowest BCUT2D eigenvalue weighted by Gasteiger charge is -2.10. The molecule has 0 saturated carbocycles. The average Bonchev–Trinajstić information content (AvgIpc) is 2.36. The van der Waals surface area contributed by atoms with E-state index in [1.54, 1.807) is 0 Å². The Morgan fingerprint density at radius 3 is 2.84 bits per heavy atom. The first-order valence-corrected chi connectivity index (χ1v) is 6.41. The summed E-state index contributed by atoms with van der Waals surface area (Å²) in [6, 6.07) is 4.15. The summed E-state index contributed by atoms with van der Waals surface area (Å²) in [7, 11) is 0. The van der Waals surface area contributed by atoms with Gasteiger partial charge < -0.3 is 15.2 Å². The predicted octanol–water partition coefficient (Wildman–Crippen LogP) is 2.17. The summed E-state index contributed by atoms with van der Waals surface area (Å²) in [5, 5.41) is 12.0. The van der Waals surface area contributed by atoms with Crippen molar-refractivity contribution >= 4 is 5.91 Å². The maximum absolute atomic E-state index is 13.5. The molecule has 106 valence electrons. The molecule has 19 heavy (non-hydrogen) atoms. The maximum Gasteiger partial charge on any atom is 0.257 e. The van der Waals surface area contributed by atoms with Gasteiger partial charge in [0.25, 0.3) is 5.91 Å². The minimum atomic E-state index is -0.869. The van der Waals surface area contributed by atoms with Gasteiger partial charge in [-0.15, -0.1) is 0 Å². The van der Waals surface area contributed by atoms with E-state index in [0.29, 0.717) is 6.54 Å². The molecule has 0 heterocycles. The molecule has 0 fully saturated rings. The van der Waals surface area contributed by atoms with Gasteiger partial charge >= 0.3 is 0 Å². The van der Waals surface area contributed by atoms with Crippen LogP contribution in [0.1, 0.15) is 38.4 Å². The zero-order chi connectivity index (χ0) is 14.3. The predicted molar refractivity (Wildman–Crippen MR) is 70.4 cm³/mol. The number of ether oxygens (including phenoxy) is 1. The maximum atomic E-state index is 13.5. The normalized spacial score (nSPS) is 12.0. The standard InChI is InChI=1S/C14H20FNO3/c1-3-4-7-16-14(18)9-19-11-5-6-12(10(2)17)13(15)8-11/h5-6,8,10,17H,3-4,7,9H2,1-2H3,(H,16,18)/t10-/m1/s1. The molecule has 5 heteroatoms. The van der Waals surface area contributed by atoms with Gasteiger partial charge in [-0.3, -0.25) is 4.79 Å². The number of benzene rings is 1. The lowest BCUT2D eigenvalue weighted by Crippen LogP contribution is -2.29. The zero-order valence-electron chi connectivity index (χ0n) is 11.3. The number of nitrogens with one attached hydrogen (secondary N) is 1. The van der Waals surface area contributed by atoms with Crippen molar-refractivity contribution in [1.82, 2.24) is 5.32 Å². The van der Waals surface area contributed by atoms with Crippen molar-refractivity contribution in [3.05, 3.63) is 29.6 Å². The Hall–Kier alpha value is -1.62. The molecule has 1 rings (SSSR count). The van der Waals surface area contributed by atoms with E-state index in [2.05, 4.69) is 5.32 Å². The molecule has 1 aromatic carbocycles. The van der Waals surface area contributed by atoms with Gasteiger partial charge in [0.2, 0.25) is 0 Å². The van der Waals surface area contributed by atoms with Gasteiger partial charge in [0.1, 0.15) is 11.6 Å². The number of carbonyl (C=O) groups excluding carboxylic acids is 1. The molecule has 0 aliphatic rings. The molecule has 1 amide bonds. The third-order valence-corrected chi connectivity index (χ3v) is 2.64. The molecular weight excluding hydrogens is 249 g/mol. The van der Waals surface area contributed by atoms with E-state index in [0.717, 1.165) is 12.8 Å². The van der Waals surface area contributed by atoms with Crippen LogP contribution in [0.4, 0.5) is 4.39 Å². The first kappa shape index (κ1) is 15.4. The molecule has 1 atom stereocenters. The van der Waals surface area contributed by atoms with Gasteiger partial charge in [0.15, 0.2) is 6.61 Å². The summed E-state index contributed by atoms with van der Waals surface area (Å²) >= 11 is 0. The molecule has 0 saturated heterocycles. The van der Waals surface area contributed by atoms with Crippen LogP contribution in [0.25, 0.3) is 0 Å². The monoisotopic (exact) mass is 269 g/mol. The Labute approximate surface area is 112 Å². The number of aliphatic hydroxyl groups excluding tert-OH is 1. The molecule has 0 unspecified atom stereocenters. The highest BCUT2D eigenvalue weighted by Crippen LogP contribution is 2.21. The molecule has 0 spiro atoms. The average molecular weight is 269 g/mol. The first-order chi connectivity index (χ1) is 9.04. The van der Waals surface area contributed by atoms with Crippen LogP contribution in [0.15, 0.2) is 18.2 Å². The van der Waals surface area contributed by atoms with Crippen molar-refractivity contribution in [3.63, 3.8) is 0 Å². The zero-order valence-corrected chi connectivity index (χ0v) is 11.3. The number of rotatable bonds is 7. The van der Waals surface area contributed by atoms with E-state index in [1.807, 2.05) is 6.92 Å². The summed E-state index contributed by atoms with van der Waals surface area (Å²) in [5.74, 6) is -0.500. The van der Waals surface area contributed by atoms with E-state index in [9.17, 15) is 14.3 Å². The minimum absolute atomic E-state index is 0.142. The van der Waals surface area contributed by atoms with Crippen molar-refractivity contribution < 1.29 is 19.0 Å². The molecular formula is C14H20FNO3. The molecule has 4 nitrogen and oxygen atoms in total. The number of hydrogen-bond donors (Lipinski definition) is 2. The lowest BCUT2D eigenvalue weighted by molar-refractivity contribution is -0.123. The second kappa shape index (κ2) is 7.74. The third kappa shape index (κ3) is 5.26. The van der Waals surface area contributed by atoms with Crippen molar-refractivity contribution in [1.29, 1.82) is 0 Å². The number of carbonyl (C=O) groups is 1. The Morgan fingerprint density at radius 2 is 2.26 bits per heavy atom. The molecule has 2 N–H and O–H groups in total. The van der Waals surface area contributed by atoms with Crippen molar-refractivity contribution in [2.45, 2.75) is 32.8 Å². The molecule has 0 radical (unpaired) electrons. The van der Waals surface area contributed by atoms with E-state index in [4.69, 9.17) is 4.74 Å². The van der Waals surface area contributed by atoms with E-state index < -0.39 is 11.9 Å². The van der Waals surface area contributed by atoms with E-state index in [-0.39, 0.29) is 23.8 Å². The second-order valence-electron chi connectivity index (χ2n) is 4.35. The topological polar surface area (TPSA) is 58.6 Å². The van der Waals surface area contributed by atoms with Crippen LogP contribution in [0.5, 0.6) is 5.75 Å². The van der Waals surface area contributed by atoms with E-state index in [1.165, 1.54) is 25.1 Å². The Morgan fingerprint density at radius 1 is 1.53 bits per heavy atom. The molecule has 0 aromatic heterocycles. The number of hydrogen-bond acceptors (Lipinski definition) is 3. The molecule has 0 aliphatic carbocycles. The molecule has 0 aliphatic heterocycles. The lowest BCUT2D eigenvalue weighted by atomic mass is 10.1. The van der Waals surface area contributed by atoms with Crippen molar-refractivity contribution in [2.24, 2.45) is 0 Å². The summed E-state index contributed by atoms with van der Waals surface area (Å²) in [5.41, 5.74) is 0.208. The van der Waals surface area contributed by atoms with Gasteiger partial charge in [-0.05, 0) is 25.5 Å². The number of amides is 1. The van der Waals surface area contributed by atoms with Gasteiger partial charge in [0, 0.05) is 18.2 Å². The Balaban J connectivity index is 2.45. The SMILES string of the molecule is CCCCNC(=O)COc1ccc([C@@H](C)O)c(F)c1. The highest BCUT2D eigenvalue weighted by atomic mass is 19.1. The first-order valence-electron chi connectivity index (χ1n) is 6.41.